The number of non-ortho nitro benzene ring substituents is 1. The number of hydrogen-bond acceptors (Lipinski definition) is 12. The second-order valence-corrected chi connectivity index (χ2v) is 8.77. The number of nitro benzene ring substituents is 1. The Morgan fingerprint density at radius 1 is 0.800 bits per heavy atom. The first kappa shape index (κ1) is 37.5. The van der Waals surface area contributed by atoms with Gasteiger partial charge in [0.15, 0.2) is 0 Å². The van der Waals surface area contributed by atoms with Gasteiger partial charge in [0.25, 0.3) is 5.69 Å². The standard InChI is InChI=1S/C23H40N4O11.C2H6/c1-23(2,3)38-22(28)24-8-10-33-12-14-35-16-18-37-19-17-36-15-13-34-11-9-25-27(31,32)21-6-4-20(5-7-21)26(29)30;1-2/h4-7,25,31-32H,8-19H2,1-3H3;1-2H3/p+1. The number of hydrogen-bond donors (Lipinski definition) is 4. The Labute approximate surface area is 235 Å². The number of nitrogens with one attached hydrogen (secondary N) is 2. The highest BCUT2D eigenvalue weighted by atomic mass is 16.9. The van der Waals surface area contributed by atoms with Gasteiger partial charge in [0.2, 0.25) is 5.69 Å². The lowest BCUT2D eigenvalue weighted by molar-refractivity contribution is -0.385. The molecule has 0 aromatic heterocycles. The van der Waals surface area contributed by atoms with Gasteiger partial charge in [-0.15, -0.1) is 0 Å². The van der Waals surface area contributed by atoms with Crippen LogP contribution in [-0.2, 0) is 28.4 Å². The first-order valence-electron chi connectivity index (χ1n) is 13.2. The number of carbonyl (C=O) groups excluding carboxylic acids is 1. The molecule has 15 nitrogen and oxygen atoms in total. The summed E-state index contributed by atoms with van der Waals surface area (Å²) < 4.78 is 32.0. The number of nitro groups is 1. The smallest absolute Gasteiger partial charge is 0.407 e. The average molecular weight is 580 g/mol. The lowest BCUT2D eigenvalue weighted by Crippen LogP contribution is -2.55. The monoisotopic (exact) mass is 579 g/mol. The summed E-state index contributed by atoms with van der Waals surface area (Å²) in [6.07, 6.45) is -0.474. The molecule has 0 unspecified atom stereocenters. The van der Waals surface area contributed by atoms with Crippen molar-refractivity contribution in [2.24, 2.45) is 0 Å². The largest absolute Gasteiger partial charge is 0.444 e. The van der Waals surface area contributed by atoms with E-state index < -0.39 is 21.5 Å². The van der Waals surface area contributed by atoms with Crippen molar-refractivity contribution in [1.82, 2.24) is 15.7 Å². The molecule has 0 aliphatic carbocycles. The summed E-state index contributed by atoms with van der Waals surface area (Å²) in [5.74, 6) is 0. The number of quaternary nitrogens is 1. The molecule has 0 saturated carbocycles. The summed E-state index contributed by atoms with van der Waals surface area (Å²) >= 11 is 0. The molecule has 0 radical (unpaired) electrons. The number of nitrogens with zero attached hydrogens (tertiary/aromatic N) is 2. The lowest BCUT2D eigenvalue weighted by atomic mass is 10.2. The highest BCUT2D eigenvalue weighted by Crippen LogP contribution is 2.20. The van der Waals surface area contributed by atoms with Gasteiger partial charge in [0.1, 0.15) is 5.60 Å². The average Bonchev–Trinajstić information content (AvgIpc) is 2.90. The minimum atomic E-state index is -1.63. The third kappa shape index (κ3) is 20.4. The number of carbonyl (C=O) groups is 1. The molecule has 1 aromatic rings. The molecule has 40 heavy (non-hydrogen) atoms. The van der Waals surface area contributed by atoms with Crippen molar-refractivity contribution in [3.05, 3.63) is 34.4 Å². The quantitative estimate of drug-likeness (QED) is 0.0725. The second kappa shape index (κ2) is 22.2. The number of ether oxygens (including phenoxy) is 6. The van der Waals surface area contributed by atoms with E-state index in [1.54, 1.807) is 20.8 Å². The Morgan fingerprint density at radius 2 is 1.20 bits per heavy atom. The number of alkyl carbamates (subject to hydrolysis) is 1. The zero-order valence-corrected chi connectivity index (χ0v) is 24.3. The Hall–Kier alpha value is -2.47. The van der Waals surface area contributed by atoms with E-state index >= 15 is 0 Å². The van der Waals surface area contributed by atoms with Gasteiger partial charge in [-0.3, -0.25) is 10.1 Å². The summed E-state index contributed by atoms with van der Waals surface area (Å²) in [4.78, 5) is 19.9. The van der Waals surface area contributed by atoms with Crippen LogP contribution in [0.5, 0.6) is 0 Å². The first-order valence-corrected chi connectivity index (χ1v) is 13.2. The predicted octanol–water partition coefficient (Wildman–Crippen LogP) is 2.82. The van der Waals surface area contributed by atoms with E-state index in [2.05, 4.69) is 10.7 Å². The Morgan fingerprint density at radius 3 is 1.60 bits per heavy atom. The van der Waals surface area contributed by atoms with Crippen LogP contribution in [0.2, 0.25) is 0 Å². The summed E-state index contributed by atoms with van der Waals surface area (Å²) in [6.45, 7) is 13.5. The highest BCUT2D eigenvalue weighted by Gasteiger charge is 2.27. The van der Waals surface area contributed by atoms with E-state index in [1.165, 1.54) is 24.3 Å². The molecule has 0 bridgehead atoms. The third-order valence-corrected chi connectivity index (χ3v) is 4.40. The van der Waals surface area contributed by atoms with Crippen LogP contribution in [0.1, 0.15) is 34.6 Å². The first-order chi connectivity index (χ1) is 19.0. The van der Waals surface area contributed by atoms with Crippen LogP contribution in [0.25, 0.3) is 0 Å². The fourth-order valence-electron chi connectivity index (χ4n) is 2.67. The molecule has 0 atom stereocenters. The molecule has 15 heteroatoms. The zero-order chi connectivity index (χ0) is 30.3. The van der Waals surface area contributed by atoms with Crippen molar-refractivity contribution in [2.45, 2.75) is 40.2 Å². The van der Waals surface area contributed by atoms with Crippen molar-refractivity contribution in [2.75, 3.05) is 79.2 Å². The second-order valence-electron chi connectivity index (χ2n) is 8.77. The highest BCUT2D eigenvalue weighted by molar-refractivity contribution is 5.67. The van der Waals surface area contributed by atoms with Crippen molar-refractivity contribution < 1.29 is 48.6 Å². The van der Waals surface area contributed by atoms with Gasteiger partial charge in [0.05, 0.1) is 82.5 Å². The van der Waals surface area contributed by atoms with E-state index in [4.69, 9.17) is 28.4 Å². The minimum absolute atomic E-state index is 0.0161. The van der Waals surface area contributed by atoms with Crippen LogP contribution in [0, 0.1) is 10.1 Å². The molecule has 1 rings (SSSR count). The molecular formula is C25H47N4O11+. The van der Waals surface area contributed by atoms with Crippen LogP contribution < -0.4 is 15.7 Å². The van der Waals surface area contributed by atoms with Crippen molar-refractivity contribution in [3.8, 4) is 0 Å². The van der Waals surface area contributed by atoms with Crippen LogP contribution in [0.3, 0.4) is 0 Å². The van der Waals surface area contributed by atoms with Gasteiger partial charge in [-0.1, -0.05) is 19.3 Å². The predicted molar refractivity (Wildman–Crippen MR) is 146 cm³/mol. The van der Waals surface area contributed by atoms with E-state index in [1.807, 2.05) is 13.8 Å². The van der Waals surface area contributed by atoms with Gasteiger partial charge in [-0.2, -0.15) is 10.4 Å². The van der Waals surface area contributed by atoms with E-state index in [-0.39, 0.29) is 24.5 Å². The van der Waals surface area contributed by atoms with Crippen LogP contribution in [-0.4, -0.2) is 106 Å². The molecule has 0 heterocycles. The lowest BCUT2D eigenvalue weighted by Gasteiger charge is -2.20. The maximum atomic E-state index is 11.4. The molecular weight excluding hydrogens is 532 g/mol. The van der Waals surface area contributed by atoms with E-state index in [0.717, 1.165) is 0 Å². The normalized spacial score (nSPS) is 11.5. The number of rotatable bonds is 21. The summed E-state index contributed by atoms with van der Waals surface area (Å²) in [7, 11) is 0. The van der Waals surface area contributed by atoms with Gasteiger partial charge >= 0.3 is 6.09 Å². The molecule has 0 aliphatic rings. The Bertz CT molecular complexity index is 790. The SMILES string of the molecule is CC.CC(C)(C)OC(=O)NCCOCCOCCOCCOCCOCCN[N+](O)(O)c1ccc([N+](=O)[O-])cc1. The van der Waals surface area contributed by atoms with Crippen LogP contribution in [0.15, 0.2) is 24.3 Å². The van der Waals surface area contributed by atoms with Gasteiger partial charge < -0.3 is 33.7 Å². The molecule has 0 saturated heterocycles. The summed E-state index contributed by atoms with van der Waals surface area (Å²) in [5, 5.41) is 33.2. The summed E-state index contributed by atoms with van der Waals surface area (Å²) in [5.41, 5.74) is 1.78. The van der Waals surface area contributed by atoms with Crippen molar-refractivity contribution in [3.63, 3.8) is 0 Å². The number of amides is 1. The van der Waals surface area contributed by atoms with E-state index in [9.17, 15) is 25.3 Å². The minimum Gasteiger partial charge on any atom is -0.444 e. The van der Waals surface area contributed by atoms with Crippen molar-refractivity contribution in [1.29, 1.82) is 0 Å². The zero-order valence-electron chi connectivity index (χ0n) is 24.3. The topological polar surface area (TPSA) is 180 Å². The molecule has 0 fully saturated rings. The van der Waals surface area contributed by atoms with E-state index in [0.29, 0.717) is 66.0 Å². The number of benzene rings is 1. The van der Waals surface area contributed by atoms with Gasteiger partial charge in [-0.05, 0) is 20.8 Å². The fraction of sp³-hybridized carbons (Fsp3) is 0.720. The molecule has 1 aromatic carbocycles. The fourth-order valence-corrected chi connectivity index (χ4v) is 2.67. The maximum absolute atomic E-state index is 11.4. The van der Waals surface area contributed by atoms with Crippen LogP contribution in [0.4, 0.5) is 16.2 Å². The van der Waals surface area contributed by atoms with Gasteiger partial charge in [0, 0.05) is 30.8 Å². The molecule has 232 valence electrons. The molecule has 1 amide bonds. The van der Waals surface area contributed by atoms with Crippen molar-refractivity contribution >= 4 is 17.5 Å². The molecule has 0 spiro atoms. The third-order valence-electron chi connectivity index (χ3n) is 4.40. The van der Waals surface area contributed by atoms with Crippen LogP contribution >= 0.6 is 0 Å². The Balaban J connectivity index is 0.00000742. The Kier molecular flexibility index (Phi) is 20.9. The van der Waals surface area contributed by atoms with Gasteiger partial charge in [-0.25, -0.2) is 4.79 Å². The maximum Gasteiger partial charge on any atom is 0.407 e. The summed E-state index contributed by atoms with van der Waals surface area (Å²) in [6, 6.07) is 4.82. The molecule has 0 aliphatic heterocycles. The molecule has 4 N–H and O–H groups in total.